The first-order chi connectivity index (χ1) is 16.0. The molecule has 0 atom stereocenters. The fraction of sp³-hybridized carbons (Fsp3) is 0.480. The highest BCUT2D eigenvalue weighted by molar-refractivity contribution is 5.99. The third-order valence-electron chi connectivity index (χ3n) is 5.99. The van der Waals surface area contributed by atoms with Crippen molar-refractivity contribution < 1.29 is 23.7 Å². The topological polar surface area (TPSA) is 95.3 Å². The molecule has 1 fully saturated rings. The van der Waals surface area contributed by atoms with Crippen LogP contribution in [0.4, 0.5) is 0 Å². The number of ether oxygens (including phenoxy) is 4. The van der Waals surface area contributed by atoms with E-state index in [1.165, 1.54) is 21.3 Å². The summed E-state index contributed by atoms with van der Waals surface area (Å²) in [6.45, 7) is 3.28. The SMILES string of the molecule is COc1c(Oc2ccc(CCN)cc2)cc(C(=O)NCC2CCN(C)CC2)c(OC)c1OC.Cl.Cl. The molecule has 2 aromatic carbocycles. The van der Waals surface area contributed by atoms with Crippen LogP contribution in [0.1, 0.15) is 28.8 Å². The van der Waals surface area contributed by atoms with Crippen molar-refractivity contribution in [3.05, 3.63) is 41.5 Å². The van der Waals surface area contributed by atoms with Gasteiger partial charge in [-0.15, -0.1) is 24.8 Å². The van der Waals surface area contributed by atoms with Crippen LogP contribution in [0.5, 0.6) is 28.7 Å². The number of carbonyl (C=O) groups is 1. The molecule has 2 aromatic rings. The van der Waals surface area contributed by atoms with Crippen LogP contribution in [-0.2, 0) is 6.42 Å². The first kappa shape index (κ1) is 30.6. The summed E-state index contributed by atoms with van der Waals surface area (Å²) < 4.78 is 22.8. The van der Waals surface area contributed by atoms with Gasteiger partial charge in [-0.3, -0.25) is 4.79 Å². The van der Waals surface area contributed by atoms with E-state index in [0.717, 1.165) is 37.9 Å². The molecule has 0 aromatic heterocycles. The highest BCUT2D eigenvalue weighted by atomic mass is 35.5. The Balaban J connectivity index is 0.00000306. The van der Waals surface area contributed by atoms with E-state index in [9.17, 15) is 4.79 Å². The Morgan fingerprint density at radius 1 is 1.00 bits per heavy atom. The minimum Gasteiger partial charge on any atom is -0.492 e. The van der Waals surface area contributed by atoms with Crippen LogP contribution in [0.3, 0.4) is 0 Å². The van der Waals surface area contributed by atoms with E-state index in [2.05, 4.69) is 17.3 Å². The third-order valence-corrected chi connectivity index (χ3v) is 5.99. The van der Waals surface area contributed by atoms with Gasteiger partial charge in [0.05, 0.1) is 26.9 Å². The van der Waals surface area contributed by atoms with Crippen molar-refractivity contribution in [2.24, 2.45) is 11.7 Å². The van der Waals surface area contributed by atoms with Crippen molar-refractivity contribution in [2.45, 2.75) is 19.3 Å². The summed E-state index contributed by atoms with van der Waals surface area (Å²) in [6, 6.07) is 9.29. The van der Waals surface area contributed by atoms with Gasteiger partial charge in [-0.2, -0.15) is 0 Å². The minimum atomic E-state index is -0.241. The number of benzene rings is 2. The molecule has 1 saturated heterocycles. The second-order valence-electron chi connectivity index (χ2n) is 8.26. The van der Waals surface area contributed by atoms with Crippen LogP contribution in [0, 0.1) is 5.92 Å². The van der Waals surface area contributed by atoms with Gasteiger partial charge in [-0.25, -0.2) is 0 Å². The molecular weight excluding hydrogens is 493 g/mol. The number of nitrogens with zero attached hydrogens (tertiary/aromatic N) is 1. The molecule has 1 amide bonds. The van der Waals surface area contributed by atoms with Gasteiger partial charge in [0.25, 0.3) is 5.91 Å². The molecule has 0 bridgehead atoms. The van der Waals surface area contributed by atoms with E-state index in [-0.39, 0.29) is 30.7 Å². The molecule has 196 valence electrons. The minimum absolute atomic E-state index is 0. The van der Waals surface area contributed by atoms with Gasteiger partial charge in [0.2, 0.25) is 11.5 Å². The summed E-state index contributed by atoms with van der Waals surface area (Å²) in [6.07, 6.45) is 2.92. The second-order valence-corrected chi connectivity index (χ2v) is 8.26. The van der Waals surface area contributed by atoms with E-state index in [1.807, 2.05) is 24.3 Å². The zero-order valence-corrected chi connectivity index (χ0v) is 22.4. The predicted molar refractivity (Wildman–Crippen MR) is 142 cm³/mol. The smallest absolute Gasteiger partial charge is 0.255 e. The van der Waals surface area contributed by atoms with Gasteiger partial charge in [0.15, 0.2) is 11.5 Å². The Kier molecular flexibility index (Phi) is 13.0. The van der Waals surface area contributed by atoms with Gasteiger partial charge in [0, 0.05) is 12.6 Å². The van der Waals surface area contributed by atoms with Crippen LogP contribution >= 0.6 is 24.8 Å². The predicted octanol–water partition coefficient (Wildman–Crippen LogP) is 3.92. The number of likely N-dealkylation sites (tertiary alicyclic amines) is 1. The molecule has 0 saturated carbocycles. The normalized spacial score (nSPS) is 13.7. The number of halogens is 2. The van der Waals surface area contributed by atoms with Gasteiger partial charge in [-0.1, -0.05) is 12.1 Å². The summed E-state index contributed by atoms with van der Waals surface area (Å²) in [5.74, 6) is 2.16. The number of piperidine rings is 1. The molecule has 0 aliphatic carbocycles. The highest BCUT2D eigenvalue weighted by Gasteiger charge is 2.26. The number of carbonyl (C=O) groups excluding carboxylic acids is 1. The van der Waals surface area contributed by atoms with Crippen LogP contribution in [-0.4, -0.2) is 65.4 Å². The zero-order valence-electron chi connectivity index (χ0n) is 20.8. The van der Waals surface area contributed by atoms with Gasteiger partial charge in [0.1, 0.15) is 5.75 Å². The molecular formula is C25H37Cl2N3O5. The van der Waals surface area contributed by atoms with E-state index in [4.69, 9.17) is 24.7 Å². The number of methoxy groups -OCH3 is 3. The lowest BCUT2D eigenvalue weighted by atomic mass is 9.97. The molecule has 0 spiro atoms. The summed E-state index contributed by atoms with van der Waals surface area (Å²) in [5.41, 5.74) is 7.08. The van der Waals surface area contributed by atoms with E-state index >= 15 is 0 Å². The van der Waals surface area contributed by atoms with Crippen LogP contribution in [0.2, 0.25) is 0 Å². The highest BCUT2D eigenvalue weighted by Crippen LogP contribution is 2.48. The number of nitrogens with one attached hydrogen (secondary N) is 1. The van der Waals surface area contributed by atoms with Gasteiger partial charge >= 0.3 is 0 Å². The molecule has 1 aliphatic heterocycles. The fourth-order valence-corrected chi connectivity index (χ4v) is 4.04. The van der Waals surface area contributed by atoms with E-state index in [0.29, 0.717) is 53.3 Å². The maximum atomic E-state index is 13.2. The molecule has 1 heterocycles. The standard InChI is InChI=1S/C25H35N3O5.2ClH/c1-28-13-10-18(11-14-28)16-27-25(29)20-15-21(23(31-3)24(32-4)22(20)30-2)33-19-7-5-17(6-8-19)9-12-26;;/h5-8,15,18H,9-14,16,26H2,1-4H3,(H,27,29);2*1H. The lowest BCUT2D eigenvalue weighted by Crippen LogP contribution is -2.37. The number of nitrogens with two attached hydrogens (primary N) is 1. The monoisotopic (exact) mass is 529 g/mol. The van der Waals surface area contributed by atoms with Gasteiger partial charge < -0.3 is 34.9 Å². The Morgan fingerprint density at radius 3 is 2.14 bits per heavy atom. The van der Waals surface area contributed by atoms with Gasteiger partial charge in [-0.05, 0) is 69.6 Å². The molecule has 10 heteroatoms. The maximum Gasteiger partial charge on any atom is 0.255 e. The fourth-order valence-electron chi connectivity index (χ4n) is 4.04. The van der Waals surface area contributed by atoms with Crippen molar-refractivity contribution in [1.29, 1.82) is 0 Å². The number of amides is 1. The van der Waals surface area contributed by atoms with Crippen molar-refractivity contribution in [2.75, 3.05) is 54.6 Å². The summed E-state index contributed by atoms with van der Waals surface area (Å²) >= 11 is 0. The average Bonchev–Trinajstić information content (AvgIpc) is 2.84. The molecule has 35 heavy (non-hydrogen) atoms. The quantitative estimate of drug-likeness (QED) is 0.481. The Bertz CT molecular complexity index is 936. The Morgan fingerprint density at radius 2 is 1.60 bits per heavy atom. The third kappa shape index (κ3) is 7.80. The van der Waals surface area contributed by atoms with E-state index in [1.54, 1.807) is 6.07 Å². The zero-order chi connectivity index (χ0) is 23.8. The van der Waals surface area contributed by atoms with Crippen molar-refractivity contribution in [1.82, 2.24) is 10.2 Å². The first-order valence-corrected chi connectivity index (χ1v) is 11.3. The number of hydrogen-bond acceptors (Lipinski definition) is 7. The average molecular weight is 530 g/mol. The molecule has 0 radical (unpaired) electrons. The summed E-state index contributed by atoms with van der Waals surface area (Å²) in [4.78, 5) is 15.5. The summed E-state index contributed by atoms with van der Waals surface area (Å²) in [5, 5.41) is 3.06. The number of hydrogen-bond donors (Lipinski definition) is 2. The number of rotatable bonds is 10. The molecule has 8 nitrogen and oxygen atoms in total. The van der Waals surface area contributed by atoms with Crippen LogP contribution in [0.15, 0.2) is 30.3 Å². The van der Waals surface area contributed by atoms with E-state index < -0.39 is 0 Å². The molecule has 3 N–H and O–H groups in total. The van der Waals surface area contributed by atoms with Crippen molar-refractivity contribution in [3.8, 4) is 28.7 Å². The van der Waals surface area contributed by atoms with Crippen molar-refractivity contribution >= 4 is 30.7 Å². The molecule has 1 aliphatic rings. The summed E-state index contributed by atoms with van der Waals surface area (Å²) in [7, 11) is 6.65. The Labute approximate surface area is 220 Å². The second kappa shape index (κ2) is 14.9. The first-order valence-electron chi connectivity index (χ1n) is 11.3. The molecule has 0 unspecified atom stereocenters. The largest absolute Gasteiger partial charge is 0.492 e. The lowest BCUT2D eigenvalue weighted by Gasteiger charge is -2.29. The Hall–Kier alpha value is -2.39. The van der Waals surface area contributed by atoms with Crippen LogP contribution < -0.4 is 30.0 Å². The maximum absolute atomic E-state index is 13.2. The lowest BCUT2D eigenvalue weighted by molar-refractivity contribution is 0.0934. The molecule has 3 rings (SSSR count). The van der Waals surface area contributed by atoms with Crippen LogP contribution in [0.25, 0.3) is 0 Å². The van der Waals surface area contributed by atoms with Crippen molar-refractivity contribution in [3.63, 3.8) is 0 Å².